The van der Waals surface area contributed by atoms with E-state index in [1.165, 1.54) is 6.07 Å². The van der Waals surface area contributed by atoms with Gasteiger partial charge in [0.15, 0.2) is 0 Å². The Bertz CT molecular complexity index is 723. The summed E-state index contributed by atoms with van der Waals surface area (Å²) >= 11 is 0. The van der Waals surface area contributed by atoms with Gasteiger partial charge in [-0.25, -0.2) is 0 Å². The van der Waals surface area contributed by atoms with E-state index in [2.05, 4.69) is 20.4 Å². The molecule has 0 aliphatic rings. The fraction of sp³-hybridized carbons (Fsp3) is 0.429. The molecule has 0 unspecified atom stereocenters. The third-order valence-electron chi connectivity index (χ3n) is 2.95. The summed E-state index contributed by atoms with van der Waals surface area (Å²) in [6.45, 7) is 7.85. The molecule has 0 amide bonds. The Balaban J connectivity index is 2.34. The second kappa shape index (κ2) is 5.51. The Labute approximate surface area is 121 Å². The van der Waals surface area contributed by atoms with Crippen LogP contribution >= 0.6 is 0 Å². The summed E-state index contributed by atoms with van der Waals surface area (Å²) in [5, 5.41) is 21.5. The van der Waals surface area contributed by atoms with Crippen molar-refractivity contribution in [1.82, 2.24) is 10.1 Å². The molecular weight excluding hydrogens is 272 g/mol. The lowest BCUT2D eigenvalue weighted by Gasteiger charge is -2.11. The maximum atomic E-state index is 11.3. The van der Waals surface area contributed by atoms with Gasteiger partial charge in [-0.05, 0) is 12.0 Å². The molecule has 0 saturated carbocycles. The number of azo groups is 1. The first-order valence-electron chi connectivity index (χ1n) is 6.65. The van der Waals surface area contributed by atoms with Gasteiger partial charge in [-0.3, -0.25) is 9.78 Å². The van der Waals surface area contributed by atoms with Crippen molar-refractivity contribution in [1.29, 1.82) is 0 Å². The van der Waals surface area contributed by atoms with Gasteiger partial charge in [-0.2, -0.15) is 0 Å². The lowest BCUT2D eigenvalue weighted by atomic mass is 9.93. The maximum Gasteiger partial charge on any atom is 0.251 e. The van der Waals surface area contributed by atoms with E-state index in [1.54, 1.807) is 6.07 Å². The number of aryl methyl sites for hydroxylation is 1. The molecule has 0 aromatic carbocycles. The lowest BCUT2D eigenvalue weighted by molar-refractivity contribution is 0.330. The van der Waals surface area contributed by atoms with E-state index in [-0.39, 0.29) is 22.5 Å². The molecule has 7 heteroatoms. The molecule has 21 heavy (non-hydrogen) atoms. The van der Waals surface area contributed by atoms with E-state index in [0.29, 0.717) is 23.6 Å². The molecule has 0 aliphatic heterocycles. The van der Waals surface area contributed by atoms with Crippen LogP contribution in [0, 0.1) is 0 Å². The number of pyridine rings is 1. The number of H-pyrrole nitrogens is 1. The van der Waals surface area contributed by atoms with Crippen LogP contribution in [0.2, 0.25) is 0 Å². The average molecular weight is 290 g/mol. The topological polar surface area (TPSA) is 104 Å². The van der Waals surface area contributed by atoms with Gasteiger partial charge in [0.05, 0.1) is 0 Å². The van der Waals surface area contributed by atoms with Crippen LogP contribution in [0.4, 0.5) is 11.5 Å². The normalized spacial score (nSPS) is 12.2. The van der Waals surface area contributed by atoms with Gasteiger partial charge >= 0.3 is 0 Å². The van der Waals surface area contributed by atoms with E-state index in [0.717, 1.165) is 0 Å². The van der Waals surface area contributed by atoms with Crippen LogP contribution in [-0.2, 0) is 11.8 Å². The van der Waals surface area contributed by atoms with E-state index in [4.69, 9.17) is 4.52 Å². The largest absolute Gasteiger partial charge is 0.493 e. The molecule has 112 valence electrons. The highest BCUT2D eigenvalue weighted by molar-refractivity contribution is 5.52. The minimum Gasteiger partial charge on any atom is -0.493 e. The highest BCUT2D eigenvalue weighted by Gasteiger charge is 2.19. The summed E-state index contributed by atoms with van der Waals surface area (Å²) in [6.07, 6.45) is 0.553. The molecule has 0 atom stereocenters. The molecule has 2 N–H and O–H groups in total. The van der Waals surface area contributed by atoms with Crippen LogP contribution in [0.5, 0.6) is 5.88 Å². The summed E-state index contributed by atoms with van der Waals surface area (Å²) in [7, 11) is 0. The molecule has 0 aliphatic carbocycles. The maximum absolute atomic E-state index is 11.3. The van der Waals surface area contributed by atoms with Crippen LogP contribution in [0.1, 0.15) is 39.0 Å². The summed E-state index contributed by atoms with van der Waals surface area (Å²) in [5.41, 5.74) is 0.298. The average Bonchev–Trinajstić information content (AvgIpc) is 2.85. The van der Waals surface area contributed by atoms with Crippen LogP contribution in [0.25, 0.3) is 0 Å². The van der Waals surface area contributed by atoms with Gasteiger partial charge in [0.1, 0.15) is 11.4 Å². The zero-order valence-corrected chi connectivity index (χ0v) is 12.5. The Hall–Kier alpha value is -2.44. The number of nitrogens with zero attached hydrogens (tertiary/aromatic N) is 3. The Morgan fingerprint density at radius 3 is 2.62 bits per heavy atom. The highest BCUT2D eigenvalue weighted by atomic mass is 16.5. The van der Waals surface area contributed by atoms with Crippen molar-refractivity contribution < 1.29 is 9.63 Å². The first-order chi connectivity index (χ1) is 9.81. The molecule has 0 spiro atoms. The first-order valence-corrected chi connectivity index (χ1v) is 6.65. The lowest BCUT2D eigenvalue weighted by Crippen LogP contribution is -2.08. The van der Waals surface area contributed by atoms with Crippen molar-refractivity contribution in [3.63, 3.8) is 0 Å². The fourth-order valence-electron chi connectivity index (χ4n) is 1.74. The van der Waals surface area contributed by atoms with E-state index in [9.17, 15) is 9.90 Å². The molecule has 0 radical (unpaired) electrons. The van der Waals surface area contributed by atoms with Crippen LogP contribution in [-0.4, -0.2) is 15.2 Å². The number of aromatic nitrogens is 2. The minimum atomic E-state index is -0.375. The fourth-order valence-corrected chi connectivity index (χ4v) is 1.74. The Morgan fingerprint density at radius 2 is 2.05 bits per heavy atom. The van der Waals surface area contributed by atoms with Gasteiger partial charge in [0, 0.05) is 17.5 Å². The van der Waals surface area contributed by atoms with Crippen LogP contribution < -0.4 is 5.56 Å². The van der Waals surface area contributed by atoms with Crippen molar-refractivity contribution in [2.75, 3.05) is 0 Å². The van der Waals surface area contributed by atoms with Crippen LogP contribution in [0.15, 0.2) is 31.7 Å². The molecule has 2 rings (SSSR count). The monoisotopic (exact) mass is 290 g/mol. The zero-order valence-electron chi connectivity index (χ0n) is 12.5. The molecule has 2 heterocycles. The predicted molar refractivity (Wildman–Crippen MR) is 77.5 cm³/mol. The van der Waals surface area contributed by atoms with Gasteiger partial charge in [-0.15, -0.1) is 10.2 Å². The quantitative estimate of drug-likeness (QED) is 0.846. The number of hydrogen-bond donors (Lipinski definition) is 2. The molecule has 7 nitrogen and oxygen atoms in total. The van der Waals surface area contributed by atoms with E-state index in [1.807, 2.05) is 27.7 Å². The van der Waals surface area contributed by atoms with Crippen molar-refractivity contribution in [2.24, 2.45) is 10.2 Å². The van der Waals surface area contributed by atoms with Crippen molar-refractivity contribution in [2.45, 2.75) is 39.5 Å². The second-order valence-corrected chi connectivity index (χ2v) is 5.71. The summed E-state index contributed by atoms with van der Waals surface area (Å²) in [5.74, 6) is 0.702. The van der Waals surface area contributed by atoms with E-state index >= 15 is 0 Å². The third-order valence-corrected chi connectivity index (χ3v) is 2.95. The van der Waals surface area contributed by atoms with Gasteiger partial charge in [0.2, 0.25) is 11.7 Å². The van der Waals surface area contributed by atoms with Crippen molar-refractivity contribution in [3.8, 4) is 5.88 Å². The number of rotatable bonds is 3. The standard InChI is InChI=1S/C14H18N4O3/c1-5-8-6-11(19)15-13(20)12(8)17-16-10-7-9(21-18-10)14(2,3)4/h6-7H,5H2,1-4H3,(H2,15,19,20). The minimum absolute atomic E-state index is 0.171. The summed E-state index contributed by atoms with van der Waals surface area (Å²) < 4.78 is 5.20. The predicted octanol–water partition coefficient (Wildman–Crippen LogP) is 3.34. The van der Waals surface area contributed by atoms with Gasteiger partial charge < -0.3 is 9.63 Å². The number of hydrogen-bond acceptors (Lipinski definition) is 6. The zero-order chi connectivity index (χ0) is 15.6. The Kier molecular flexibility index (Phi) is 3.93. The molecule has 2 aromatic rings. The second-order valence-electron chi connectivity index (χ2n) is 5.71. The van der Waals surface area contributed by atoms with E-state index < -0.39 is 0 Å². The third kappa shape index (κ3) is 3.36. The number of nitrogens with one attached hydrogen (secondary N) is 1. The van der Waals surface area contributed by atoms with Crippen molar-refractivity contribution in [3.05, 3.63) is 33.8 Å². The van der Waals surface area contributed by atoms with Gasteiger partial charge in [0.25, 0.3) is 5.56 Å². The number of aromatic hydroxyl groups is 1. The molecule has 2 aromatic heterocycles. The molecule has 0 bridgehead atoms. The summed E-state index contributed by atoms with van der Waals surface area (Å²) in [4.78, 5) is 13.6. The summed E-state index contributed by atoms with van der Waals surface area (Å²) in [6, 6.07) is 3.08. The highest BCUT2D eigenvalue weighted by Crippen LogP contribution is 2.30. The van der Waals surface area contributed by atoms with Gasteiger partial charge in [-0.1, -0.05) is 32.9 Å². The van der Waals surface area contributed by atoms with Crippen LogP contribution in [0.3, 0.4) is 0 Å². The first kappa shape index (κ1) is 15.0. The molecular formula is C14H18N4O3. The van der Waals surface area contributed by atoms with Crippen molar-refractivity contribution >= 4 is 11.5 Å². The Morgan fingerprint density at radius 1 is 1.33 bits per heavy atom. The molecule has 0 saturated heterocycles. The SMILES string of the molecule is CCc1cc(=O)[nH]c(O)c1N=Nc1cc(C(C)(C)C)on1. The number of aromatic amines is 1. The molecule has 0 fully saturated rings. The smallest absolute Gasteiger partial charge is 0.251 e.